The lowest BCUT2D eigenvalue weighted by Crippen LogP contribution is -2.39. The van der Waals surface area contributed by atoms with Crippen molar-refractivity contribution in [1.29, 1.82) is 0 Å². The summed E-state index contributed by atoms with van der Waals surface area (Å²) >= 11 is 0. The Morgan fingerprint density at radius 2 is 2.24 bits per heavy atom. The fourth-order valence-electron chi connectivity index (χ4n) is 3.32. The van der Waals surface area contributed by atoms with E-state index in [-0.39, 0.29) is 11.9 Å². The number of aromatic nitrogens is 3. The van der Waals surface area contributed by atoms with E-state index in [9.17, 15) is 4.79 Å². The summed E-state index contributed by atoms with van der Waals surface area (Å²) in [6, 6.07) is 1.92. The minimum absolute atomic E-state index is 0.0366. The molecule has 1 N–H and O–H groups in total. The van der Waals surface area contributed by atoms with E-state index in [0.29, 0.717) is 18.4 Å². The van der Waals surface area contributed by atoms with Crippen LogP contribution >= 0.6 is 0 Å². The molecule has 2 aromatic heterocycles. The molecule has 1 aliphatic carbocycles. The number of pyridine rings is 1. The molecule has 7 heteroatoms. The SMILES string of the molecule is Cc1ccncc1NC(=O)CN1CCCCC1c1nc(C2CC2)no1. The van der Waals surface area contributed by atoms with Gasteiger partial charge in [-0.1, -0.05) is 11.6 Å². The maximum atomic E-state index is 12.5. The summed E-state index contributed by atoms with van der Waals surface area (Å²) in [5.74, 6) is 1.93. The highest BCUT2D eigenvalue weighted by Gasteiger charge is 2.33. The van der Waals surface area contributed by atoms with Crippen LogP contribution in [0.2, 0.25) is 0 Å². The average molecular weight is 341 g/mol. The molecule has 7 nitrogen and oxygen atoms in total. The predicted molar refractivity (Wildman–Crippen MR) is 92.0 cm³/mol. The summed E-state index contributed by atoms with van der Waals surface area (Å²) in [6.45, 7) is 3.14. The molecule has 0 radical (unpaired) electrons. The van der Waals surface area contributed by atoms with E-state index >= 15 is 0 Å². The van der Waals surface area contributed by atoms with E-state index in [0.717, 1.165) is 55.7 Å². The molecule has 1 unspecified atom stereocenters. The number of anilines is 1. The van der Waals surface area contributed by atoms with Crippen LogP contribution in [0.1, 0.15) is 61.3 Å². The van der Waals surface area contributed by atoms with Crippen molar-refractivity contribution >= 4 is 11.6 Å². The number of aryl methyl sites for hydroxylation is 1. The molecule has 1 aliphatic heterocycles. The molecular weight excluding hydrogens is 318 g/mol. The Hall–Kier alpha value is -2.28. The highest BCUT2D eigenvalue weighted by atomic mass is 16.5. The van der Waals surface area contributed by atoms with Crippen molar-refractivity contribution in [3.8, 4) is 0 Å². The van der Waals surface area contributed by atoms with E-state index in [1.165, 1.54) is 0 Å². The number of hydrogen-bond acceptors (Lipinski definition) is 6. The van der Waals surface area contributed by atoms with Gasteiger partial charge in [0.2, 0.25) is 11.8 Å². The Kier molecular flexibility index (Phi) is 4.48. The van der Waals surface area contributed by atoms with Gasteiger partial charge in [0.05, 0.1) is 24.5 Å². The second-order valence-electron chi connectivity index (χ2n) is 6.99. The van der Waals surface area contributed by atoms with Gasteiger partial charge in [-0.25, -0.2) is 0 Å². The quantitative estimate of drug-likeness (QED) is 0.900. The van der Waals surface area contributed by atoms with Crippen LogP contribution in [-0.4, -0.2) is 39.0 Å². The number of carbonyl (C=O) groups is 1. The third kappa shape index (κ3) is 3.71. The second-order valence-corrected chi connectivity index (χ2v) is 6.99. The first-order chi connectivity index (χ1) is 12.2. The van der Waals surface area contributed by atoms with Crippen LogP contribution in [0, 0.1) is 6.92 Å². The first-order valence-corrected chi connectivity index (χ1v) is 8.99. The van der Waals surface area contributed by atoms with E-state index in [2.05, 4.69) is 25.3 Å². The van der Waals surface area contributed by atoms with Crippen LogP contribution in [0.15, 0.2) is 23.0 Å². The van der Waals surface area contributed by atoms with Gasteiger partial charge in [0.25, 0.3) is 0 Å². The standard InChI is InChI=1S/C18H23N5O2/c1-12-7-8-19-10-14(12)20-16(24)11-23-9-3-2-4-15(23)18-21-17(22-25-18)13-5-6-13/h7-8,10,13,15H,2-6,9,11H2,1H3,(H,20,24). The van der Waals surface area contributed by atoms with Gasteiger partial charge in [-0.2, -0.15) is 4.98 Å². The van der Waals surface area contributed by atoms with Gasteiger partial charge in [0, 0.05) is 12.1 Å². The molecule has 1 saturated heterocycles. The highest BCUT2D eigenvalue weighted by molar-refractivity contribution is 5.92. The minimum Gasteiger partial charge on any atom is -0.338 e. The Bertz CT molecular complexity index is 755. The van der Waals surface area contributed by atoms with E-state index in [4.69, 9.17) is 4.52 Å². The Labute approximate surface area is 146 Å². The smallest absolute Gasteiger partial charge is 0.244 e. The second kappa shape index (κ2) is 6.92. The Morgan fingerprint density at radius 1 is 1.36 bits per heavy atom. The molecular formula is C18H23N5O2. The largest absolute Gasteiger partial charge is 0.338 e. The van der Waals surface area contributed by atoms with Crippen LogP contribution in [0.4, 0.5) is 5.69 Å². The van der Waals surface area contributed by atoms with Gasteiger partial charge in [0.15, 0.2) is 5.82 Å². The number of amides is 1. The van der Waals surface area contributed by atoms with Crippen LogP contribution in [0.25, 0.3) is 0 Å². The molecule has 1 amide bonds. The molecule has 3 heterocycles. The fraction of sp³-hybridized carbons (Fsp3) is 0.556. The van der Waals surface area contributed by atoms with Crippen molar-refractivity contribution in [2.24, 2.45) is 0 Å². The predicted octanol–water partition coefficient (Wildman–Crippen LogP) is 2.82. The van der Waals surface area contributed by atoms with Gasteiger partial charge in [-0.05, 0) is 50.8 Å². The molecule has 132 valence electrons. The average Bonchev–Trinajstić information content (AvgIpc) is 3.35. The summed E-state index contributed by atoms with van der Waals surface area (Å²) in [4.78, 5) is 23.3. The van der Waals surface area contributed by atoms with Crippen LogP contribution in [0.5, 0.6) is 0 Å². The third-order valence-corrected chi connectivity index (χ3v) is 4.96. The van der Waals surface area contributed by atoms with Crippen molar-refractivity contribution in [1.82, 2.24) is 20.0 Å². The highest BCUT2D eigenvalue weighted by Crippen LogP contribution is 2.39. The summed E-state index contributed by atoms with van der Waals surface area (Å²) in [7, 11) is 0. The molecule has 25 heavy (non-hydrogen) atoms. The number of carbonyl (C=O) groups excluding carboxylic acids is 1. The van der Waals surface area contributed by atoms with E-state index in [1.54, 1.807) is 12.4 Å². The van der Waals surface area contributed by atoms with Gasteiger partial charge in [0.1, 0.15) is 0 Å². The summed E-state index contributed by atoms with van der Waals surface area (Å²) in [6.07, 6.45) is 8.86. The minimum atomic E-state index is -0.0371. The van der Waals surface area contributed by atoms with Crippen LogP contribution in [-0.2, 0) is 4.79 Å². The van der Waals surface area contributed by atoms with Gasteiger partial charge < -0.3 is 9.84 Å². The van der Waals surface area contributed by atoms with E-state index < -0.39 is 0 Å². The zero-order valence-electron chi connectivity index (χ0n) is 14.4. The zero-order chi connectivity index (χ0) is 17.2. The maximum Gasteiger partial charge on any atom is 0.244 e. The molecule has 0 bridgehead atoms. The van der Waals surface area contributed by atoms with Gasteiger partial charge in [-0.15, -0.1) is 0 Å². The van der Waals surface area contributed by atoms with Crippen molar-refractivity contribution in [2.45, 2.75) is 51.0 Å². The van der Waals surface area contributed by atoms with Crippen molar-refractivity contribution in [3.05, 3.63) is 35.7 Å². The number of hydrogen-bond donors (Lipinski definition) is 1. The molecule has 2 aromatic rings. The monoisotopic (exact) mass is 341 g/mol. The molecule has 1 atom stereocenters. The number of piperidine rings is 1. The lowest BCUT2D eigenvalue weighted by molar-refractivity contribution is -0.118. The number of rotatable bonds is 5. The maximum absolute atomic E-state index is 12.5. The lowest BCUT2D eigenvalue weighted by Gasteiger charge is -2.32. The molecule has 2 aliphatic rings. The summed E-state index contributed by atoms with van der Waals surface area (Å²) in [5.41, 5.74) is 1.76. The van der Waals surface area contributed by atoms with Gasteiger partial charge >= 0.3 is 0 Å². The third-order valence-electron chi connectivity index (χ3n) is 4.96. The summed E-state index contributed by atoms with van der Waals surface area (Å²) in [5, 5.41) is 7.08. The number of likely N-dealkylation sites (tertiary alicyclic amines) is 1. The van der Waals surface area contributed by atoms with E-state index in [1.807, 2.05) is 13.0 Å². The molecule has 4 rings (SSSR count). The molecule has 1 saturated carbocycles. The molecule has 0 aromatic carbocycles. The topological polar surface area (TPSA) is 84.2 Å². The van der Waals surface area contributed by atoms with Crippen molar-refractivity contribution in [2.75, 3.05) is 18.4 Å². The normalized spacial score (nSPS) is 21.2. The zero-order valence-corrected chi connectivity index (χ0v) is 14.4. The van der Waals surface area contributed by atoms with Gasteiger partial charge in [-0.3, -0.25) is 14.7 Å². The number of nitrogens with one attached hydrogen (secondary N) is 1. The molecule has 0 spiro atoms. The number of nitrogens with zero attached hydrogens (tertiary/aromatic N) is 4. The fourth-order valence-corrected chi connectivity index (χ4v) is 3.32. The van der Waals surface area contributed by atoms with Crippen LogP contribution < -0.4 is 5.32 Å². The lowest BCUT2D eigenvalue weighted by atomic mass is 10.0. The Balaban J connectivity index is 1.43. The van der Waals surface area contributed by atoms with Crippen molar-refractivity contribution in [3.63, 3.8) is 0 Å². The van der Waals surface area contributed by atoms with Crippen LogP contribution in [0.3, 0.4) is 0 Å². The molecule has 2 fully saturated rings. The summed E-state index contributed by atoms with van der Waals surface area (Å²) < 4.78 is 5.51. The van der Waals surface area contributed by atoms with Crippen molar-refractivity contribution < 1.29 is 9.32 Å². The first kappa shape index (κ1) is 16.2. The first-order valence-electron chi connectivity index (χ1n) is 8.99. The Morgan fingerprint density at radius 3 is 3.04 bits per heavy atom.